The minimum atomic E-state index is -0.380. The number of thioether (sulfide) groups is 1. The molecule has 0 aliphatic carbocycles. The summed E-state index contributed by atoms with van der Waals surface area (Å²) in [4.78, 5) is 12.5. The van der Waals surface area contributed by atoms with Gasteiger partial charge in [-0.15, -0.1) is 10.2 Å². The van der Waals surface area contributed by atoms with Crippen molar-refractivity contribution >= 4 is 17.7 Å². The minimum absolute atomic E-state index is 0.168. The molecule has 0 radical (unpaired) electrons. The number of rotatable bonds is 10. The van der Waals surface area contributed by atoms with Crippen LogP contribution in [-0.2, 0) is 21.8 Å². The van der Waals surface area contributed by atoms with Crippen LogP contribution in [0, 0.1) is 5.82 Å². The number of hydrogen-bond donors (Lipinski definition) is 1. The highest BCUT2D eigenvalue weighted by atomic mass is 32.2. The van der Waals surface area contributed by atoms with Crippen molar-refractivity contribution in [3.63, 3.8) is 0 Å². The van der Waals surface area contributed by atoms with Gasteiger partial charge in [-0.05, 0) is 23.8 Å². The van der Waals surface area contributed by atoms with Crippen molar-refractivity contribution in [2.45, 2.75) is 17.5 Å². The molecule has 30 heavy (non-hydrogen) atoms. The number of carbonyl (C=O) groups excluding carboxylic acids is 1. The standard InChI is InChI=1S/C21H23FN4O3S/c1-28-12-11-23-20(27)16-8-4-3-7-15(16)14-30-21-25-24-19(13-29-2)26(21)18-10-6-5-9-17(18)22/h3-10H,11-14H2,1-2H3,(H,23,27). The molecule has 0 bridgehead atoms. The van der Waals surface area contributed by atoms with Crippen LogP contribution < -0.4 is 5.32 Å². The molecule has 1 aromatic heterocycles. The second-order valence-electron chi connectivity index (χ2n) is 6.31. The lowest BCUT2D eigenvalue weighted by molar-refractivity contribution is 0.0936. The van der Waals surface area contributed by atoms with Gasteiger partial charge in [0.15, 0.2) is 11.0 Å². The Morgan fingerprint density at radius 3 is 2.63 bits per heavy atom. The van der Waals surface area contributed by atoms with E-state index in [1.165, 1.54) is 17.8 Å². The van der Waals surface area contributed by atoms with E-state index in [0.29, 0.717) is 41.1 Å². The number of methoxy groups -OCH3 is 2. The molecule has 1 N–H and O–H groups in total. The highest BCUT2D eigenvalue weighted by Gasteiger charge is 2.18. The zero-order chi connectivity index (χ0) is 21.3. The maximum Gasteiger partial charge on any atom is 0.251 e. The maximum absolute atomic E-state index is 14.4. The van der Waals surface area contributed by atoms with E-state index >= 15 is 0 Å². The molecule has 3 rings (SSSR count). The summed E-state index contributed by atoms with van der Waals surface area (Å²) in [5.41, 5.74) is 1.77. The van der Waals surface area contributed by atoms with E-state index in [-0.39, 0.29) is 18.3 Å². The van der Waals surface area contributed by atoms with Crippen LogP contribution in [-0.4, -0.2) is 48.0 Å². The van der Waals surface area contributed by atoms with Gasteiger partial charge in [0, 0.05) is 32.1 Å². The molecule has 158 valence electrons. The van der Waals surface area contributed by atoms with Crippen LogP contribution in [0.3, 0.4) is 0 Å². The van der Waals surface area contributed by atoms with Crippen LogP contribution in [0.1, 0.15) is 21.7 Å². The summed E-state index contributed by atoms with van der Waals surface area (Å²) in [6, 6.07) is 13.8. The molecule has 0 aliphatic heterocycles. The molecule has 3 aromatic rings. The molecular weight excluding hydrogens is 407 g/mol. The predicted molar refractivity (Wildman–Crippen MR) is 112 cm³/mol. The van der Waals surface area contributed by atoms with Gasteiger partial charge in [-0.2, -0.15) is 0 Å². The zero-order valence-electron chi connectivity index (χ0n) is 16.8. The van der Waals surface area contributed by atoms with E-state index in [0.717, 1.165) is 5.56 Å². The SMILES string of the molecule is COCCNC(=O)c1ccccc1CSc1nnc(COC)n1-c1ccccc1F. The van der Waals surface area contributed by atoms with Crippen molar-refractivity contribution in [2.24, 2.45) is 0 Å². The summed E-state index contributed by atoms with van der Waals surface area (Å²) >= 11 is 1.37. The summed E-state index contributed by atoms with van der Waals surface area (Å²) in [6.45, 7) is 1.07. The first-order chi connectivity index (χ1) is 14.7. The molecule has 0 aliphatic rings. The van der Waals surface area contributed by atoms with E-state index in [1.807, 2.05) is 18.2 Å². The molecule has 0 atom stereocenters. The van der Waals surface area contributed by atoms with Gasteiger partial charge in [-0.1, -0.05) is 42.1 Å². The predicted octanol–water partition coefficient (Wildman–Crippen LogP) is 3.22. The first-order valence-corrected chi connectivity index (χ1v) is 10.3. The Morgan fingerprint density at radius 2 is 1.87 bits per heavy atom. The molecule has 0 saturated carbocycles. The average molecular weight is 431 g/mol. The third-order valence-corrected chi connectivity index (χ3v) is 5.26. The van der Waals surface area contributed by atoms with Crippen molar-refractivity contribution < 1.29 is 18.7 Å². The van der Waals surface area contributed by atoms with Crippen molar-refractivity contribution in [2.75, 3.05) is 27.4 Å². The molecule has 0 spiro atoms. The molecule has 7 nitrogen and oxygen atoms in total. The second kappa shape index (κ2) is 10.9. The summed E-state index contributed by atoms with van der Waals surface area (Å²) in [7, 11) is 3.13. The Bertz CT molecular complexity index is 996. The number of benzene rings is 2. The molecule has 0 fully saturated rings. The van der Waals surface area contributed by atoms with Gasteiger partial charge in [0.2, 0.25) is 0 Å². The highest BCUT2D eigenvalue weighted by Crippen LogP contribution is 2.28. The molecule has 1 heterocycles. The normalized spacial score (nSPS) is 10.9. The Labute approximate surface area is 178 Å². The quantitative estimate of drug-likeness (QED) is 0.393. The van der Waals surface area contributed by atoms with Gasteiger partial charge < -0.3 is 14.8 Å². The molecule has 0 unspecified atom stereocenters. The summed E-state index contributed by atoms with van der Waals surface area (Å²) in [6.07, 6.45) is 0. The van der Waals surface area contributed by atoms with Crippen LogP contribution in [0.5, 0.6) is 0 Å². The summed E-state index contributed by atoms with van der Waals surface area (Å²) < 4.78 is 26.2. The van der Waals surface area contributed by atoms with E-state index < -0.39 is 0 Å². The number of nitrogens with one attached hydrogen (secondary N) is 1. The van der Waals surface area contributed by atoms with Gasteiger partial charge in [-0.3, -0.25) is 9.36 Å². The lowest BCUT2D eigenvalue weighted by atomic mass is 10.1. The number of ether oxygens (including phenoxy) is 2. The van der Waals surface area contributed by atoms with E-state index in [1.54, 1.807) is 43.1 Å². The van der Waals surface area contributed by atoms with E-state index in [2.05, 4.69) is 15.5 Å². The fraction of sp³-hybridized carbons (Fsp3) is 0.286. The first kappa shape index (κ1) is 21.9. The van der Waals surface area contributed by atoms with Crippen molar-refractivity contribution in [1.82, 2.24) is 20.1 Å². The number of hydrogen-bond acceptors (Lipinski definition) is 6. The highest BCUT2D eigenvalue weighted by molar-refractivity contribution is 7.98. The summed E-state index contributed by atoms with van der Waals surface area (Å²) in [5, 5.41) is 11.7. The Morgan fingerprint density at radius 1 is 1.10 bits per heavy atom. The van der Waals surface area contributed by atoms with Crippen LogP contribution in [0.15, 0.2) is 53.7 Å². The second-order valence-corrected chi connectivity index (χ2v) is 7.26. The lowest BCUT2D eigenvalue weighted by Gasteiger charge is -2.12. The Hall–Kier alpha value is -2.75. The number of carbonyl (C=O) groups is 1. The molecule has 0 saturated heterocycles. The summed E-state index contributed by atoms with van der Waals surface area (Å²) in [5.74, 6) is 0.414. The van der Waals surface area contributed by atoms with Crippen LogP contribution in [0.2, 0.25) is 0 Å². The third-order valence-electron chi connectivity index (χ3n) is 4.28. The molecular formula is C21H23FN4O3S. The van der Waals surface area contributed by atoms with Crippen molar-refractivity contribution in [3.8, 4) is 5.69 Å². The van der Waals surface area contributed by atoms with Crippen LogP contribution >= 0.6 is 11.8 Å². The smallest absolute Gasteiger partial charge is 0.251 e. The van der Waals surface area contributed by atoms with E-state index in [9.17, 15) is 9.18 Å². The monoisotopic (exact) mass is 430 g/mol. The number of para-hydroxylation sites is 1. The number of amides is 1. The maximum atomic E-state index is 14.4. The minimum Gasteiger partial charge on any atom is -0.383 e. The van der Waals surface area contributed by atoms with Gasteiger partial charge in [0.25, 0.3) is 5.91 Å². The lowest BCUT2D eigenvalue weighted by Crippen LogP contribution is -2.27. The topological polar surface area (TPSA) is 78.3 Å². The van der Waals surface area contributed by atoms with Crippen molar-refractivity contribution in [1.29, 1.82) is 0 Å². The number of aromatic nitrogens is 3. The molecule has 2 aromatic carbocycles. The van der Waals surface area contributed by atoms with Gasteiger partial charge >= 0.3 is 0 Å². The van der Waals surface area contributed by atoms with Crippen molar-refractivity contribution in [3.05, 3.63) is 71.3 Å². The Balaban J connectivity index is 1.84. The fourth-order valence-corrected chi connectivity index (χ4v) is 3.83. The third kappa shape index (κ3) is 5.24. The largest absolute Gasteiger partial charge is 0.383 e. The van der Waals surface area contributed by atoms with Gasteiger partial charge in [-0.25, -0.2) is 4.39 Å². The average Bonchev–Trinajstić information content (AvgIpc) is 3.15. The fourth-order valence-electron chi connectivity index (χ4n) is 2.86. The molecule has 9 heteroatoms. The van der Waals surface area contributed by atoms with Gasteiger partial charge in [0.1, 0.15) is 12.4 Å². The van der Waals surface area contributed by atoms with Gasteiger partial charge in [0.05, 0.1) is 12.3 Å². The molecule has 1 amide bonds. The zero-order valence-corrected chi connectivity index (χ0v) is 17.6. The van der Waals surface area contributed by atoms with Crippen LogP contribution in [0.25, 0.3) is 5.69 Å². The van der Waals surface area contributed by atoms with Crippen LogP contribution in [0.4, 0.5) is 4.39 Å². The number of halogens is 1. The number of nitrogens with zero attached hydrogens (tertiary/aromatic N) is 3. The van der Waals surface area contributed by atoms with E-state index in [4.69, 9.17) is 9.47 Å². The first-order valence-electron chi connectivity index (χ1n) is 9.31. The Kier molecular flexibility index (Phi) is 7.95.